The van der Waals surface area contributed by atoms with Crippen LogP contribution in [-0.4, -0.2) is 82.2 Å². The molecule has 3 aromatic rings. The summed E-state index contributed by atoms with van der Waals surface area (Å²) in [5.74, 6) is -2.40. The van der Waals surface area contributed by atoms with Gasteiger partial charge in [0, 0.05) is 49.3 Å². The van der Waals surface area contributed by atoms with E-state index in [1.165, 1.54) is 4.90 Å². The van der Waals surface area contributed by atoms with Crippen LogP contribution in [0.5, 0.6) is 11.5 Å². The number of pyridine rings is 1. The van der Waals surface area contributed by atoms with E-state index < -0.39 is 68.9 Å². The Morgan fingerprint density at radius 3 is 2.27 bits per heavy atom. The van der Waals surface area contributed by atoms with Crippen LogP contribution in [0, 0.1) is 11.3 Å². The summed E-state index contributed by atoms with van der Waals surface area (Å²) >= 11 is 0.367. The molecule has 2 atom stereocenters. The van der Waals surface area contributed by atoms with E-state index in [0.29, 0.717) is 42.1 Å². The molecule has 2 aromatic heterocycles. The lowest BCUT2D eigenvalue weighted by molar-refractivity contribution is -0.165. The number of aromatic nitrogens is 1. The maximum absolute atomic E-state index is 15.0. The van der Waals surface area contributed by atoms with Crippen LogP contribution in [0.4, 0.5) is 26.3 Å². The fourth-order valence-corrected chi connectivity index (χ4v) is 9.54. The van der Waals surface area contributed by atoms with Gasteiger partial charge in [-0.05, 0) is 76.0 Å². The summed E-state index contributed by atoms with van der Waals surface area (Å²) in [6, 6.07) is 8.34. The first-order chi connectivity index (χ1) is 27.8. The number of nitrogens with zero attached hydrogens (tertiary/aromatic N) is 3. The quantitative estimate of drug-likeness (QED) is 0.103. The van der Waals surface area contributed by atoms with Crippen molar-refractivity contribution in [2.45, 2.75) is 108 Å². The number of thiophene rings is 1. The van der Waals surface area contributed by atoms with Crippen molar-refractivity contribution in [2.24, 2.45) is 11.3 Å². The van der Waals surface area contributed by atoms with Crippen molar-refractivity contribution in [3.05, 3.63) is 75.7 Å². The topological polar surface area (TPSA) is 119 Å². The summed E-state index contributed by atoms with van der Waals surface area (Å²) in [5.41, 5.74) is -5.59. The third-order valence-corrected chi connectivity index (χ3v) is 12.8. The number of ether oxygens (including phenoxy) is 3. The van der Waals surface area contributed by atoms with Gasteiger partial charge in [-0.2, -0.15) is 26.3 Å². The smallest absolute Gasteiger partial charge is 0.425 e. The third kappa shape index (κ3) is 9.05. The lowest BCUT2D eigenvalue weighted by Gasteiger charge is -2.52. The fraction of sp³-hybridized carbons (Fsp3) is 0.571. The minimum atomic E-state index is -4.92. The monoisotopic (exact) mass is 853 g/mol. The molecule has 6 rings (SSSR count). The van der Waals surface area contributed by atoms with Gasteiger partial charge in [0.05, 0.1) is 35.8 Å². The molecule has 322 valence electrons. The summed E-state index contributed by atoms with van der Waals surface area (Å²) < 4.78 is 101. The number of esters is 1. The van der Waals surface area contributed by atoms with Crippen LogP contribution in [-0.2, 0) is 32.3 Å². The second-order valence-corrected chi connectivity index (χ2v) is 16.9. The minimum Gasteiger partial charge on any atom is -0.493 e. The number of aliphatic hydroxyl groups is 1. The van der Waals surface area contributed by atoms with Gasteiger partial charge in [-0.15, -0.1) is 11.3 Å². The molecule has 0 spiro atoms. The largest absolute Gasteiger partial charge is 0.493 e. The molecule has 10 nitrogen and oxygen atoms in total. The number of likely N-dealkylation sites (tertiary alicyclic amines) is 2. The predicted octanol–water partition coefficient (Wildman–Crippen LogP) is 8.66. The number of rotatable bonds is 13. The average Bonchev–Trinajstić information content (AvgIpc) is 3.66. The Morgan fingerprint density at radius 2 is 1.66 bits per heavy atom. The van der Waals surface area contributed by atoms with Crippen molar-refractivity contribution in [2.75, 3.05) is 32.8 Å². The van der Waals surface area contributed by atoms with E-state index in [-0.39, 0.29) is 63.6 Å². The summed E-state index contributed by atoms with van der Waals surface area (Å²) in [5, 5.41) is 13.2. The van der Waals surface area contributed by atoms with Gasteiger partial charge in [-0.1, -0.05) is 38.5 Å². The van der Waals surface area contributed by atoms with E-state index in [1.54, 1.807) is 45.0 Å². The zero-order chi connectivity index (χ0) is 42.8. The molecule has 59 heavy (non-hydrogen) atoms. The van der Waals surface area contributed by atoms with Crippen molar-refractivity contribution in [3.8, 4) is 11.5 Å². The molecule has 1 saturated carbocycles. The van der Waals surface area contributed by atoms with Gasteiger partial charge in [0.1, 0.15) is 22.1 Å². The molecule has 1 aliphatic carbocycles. The first kappa shape index (κ1) is 44.2. The molecule has 2 aliphatic heterocycles. The number of hydrogen-bond acceptors (Lipinski definition) is 9. The number of carbonyl (C=O) groups excluding carboxylic acids is 3. The van der Waals surface area contributed by atoms with E-state index in [4.69, 9.17) is 14.2 Å². The number of alkyl halides is 6. The second kappa shape index (κ2) is 17.3. The maximum Gasteiger partial charge on any atom is 0.425 e. The number of halogens is 6. The molecule has 17 heteroatoms. The standard InChI is InChI=1S/C42H49F6N3O7S/c1-4-56-37(54)38(14-8-15-38)16-10-24-57-31-13-6-5-11-29(31)39(55)18-22-50(23-19-39)36(53)40(58-28-25-32(59-26-28)42(46,47)48)17-9-21-51(34(40)27(2)3)35(52)33-30(41(43,44)45)12-7-20-49-33/h5-7,11-13,20,25-27,34,55H,4,8-10,14-19,21-24H2,1-3H3/t34-,40+/m1/s1. The van der Waals surface area contributed by atoms with Crippen LogP contribution in [0.3, 0.4) is 0 Å². The zero-order valence-corrected chi connectivity index (χ0v) is 34.0. The average molecular weight is 854 g/mol. The Labute approximate surface area is 342 Å². The fourth-order valence-electron chi connectivity index (χ4n) is 8.87. The highest BCUT2D eigenvalue weighted by Gasteiger charge is 2.58. The Bertz CT molecular complexity index is 1980. The molecule has 3 fully saturated rings. The van der Waals surface area contributed by atoms with Crippen molar-refractivity contribution in [1.29, 1.82) is 0 Å². The number of carbonyl (C=O) groups is 3. The molecule has 2 amide bonds. The van der Waals surface area contributed by atoms with Crippen molar-refractivity contribution >= 4 is 29.1 Å². The van der Waals surface area contributed by atoms with Gasteiger partial charge in [0.15, 0.2) is 0 Å². The van der Waals surface area contributed by atoms with Crippen LogP contribution < -0.4 is 9.47 Å². The zero-order valence-electron chi connectivity index (χ0n) is 33.2. The maximum atomic E-state index is 15.0. The molecule has 3 aliphatic rings. The van der Waals surface area contributed by atoms with Crippen LogP contribution in [0.2, 0.25) is 0 Å². The Balaban J connectivity index is 1.25. The van der Waals surface area contributed by atoms with Gasteiger partial charge in [-0.3, -0.25) is 19.4 Å². The number of piperidine rings is 2. The normalized spacial score (nSPS) is 21.8. The van der Waals surface area contributed by atoms with Gasteiger partial charge in [0.2, 0.25) is 5.60 Å². The van der Waals surface area contributed by atoms with E-state index in [9.17, 15) is 41.0 Å². The first-order valence-electron chi connectivity index (χ1n) is 19.9. The molecule has 1 aromatic carbocycles. The molecule has 1 N–H and O–H groups in total. The number of hydrogen-bond donors (Lipinski definition) is 1. The van der Waals surface area contributed by atoms with Crippen LogP contribution in [0.25, 0.3) is 0 Å². The van der Waals surface area contributed by atoms with Crippen LogP contribution >= 0.6 is 11.3 Å². The second-order valence-electron chi connectivity index (χ2n) is 16.0. The van der Waals surface area contributed by atoms with E-state index in [0.717, 1.165) is 53.9 Å². The van der Waals surface area contributed by atoms with Gasteiger partial charge in [-0.25, -0.2) is 0 Å². The molecule has 0 bridgehead atoms. The molecule has 4 heterocycles. The van der Waals surface area contributed by atoms with Gasteiger partial charge < -0.3 is 29.1 Å². The van der Waals surface area contributed by atoms with E-state index >= 15 is 4.79 Å². The summed E-state index contributed by atoms with van der Waals surface area (Å²) in [6.07, 6.45) is -4.80. The predicted molar refractivity (Wildman–Crippen MR) is 205 cm³/mol. The molecule has 0 unspecified atom stereocenters. The highest BCUT2D eigenvalue weighted by Crippen LogP contribution is 2.47. The minimum absolute atomic E-state index is 0.0223. The molecule has 2 saturated heterocycles. The lowest BCUT2D eigenvalue weighted by Crippen LogP contribution is -2.70. The van der Waals surface area contributed by atoms with Crippen LogP contribution in [0.15, 0.2) is 54.0 Å². The van der Waals surface area contributed by atoms with Gasteiger partial charge in [0.25, 0.3) is 11.8 Å². The van der Waals surface area contributed by atoms with Crippen LogP contribution in [0.1, 0.15) is 105 Å². The lowest BCUT2D eigenvalue weighted by atomic mass is 9.66. The first-order valence-corrected chi connectivity index (χ1v) is 20.8. The van der Waals surface area contributed by atoms with E-state index in [1.807, 2.05) is 0 Å². The Morgan fingerprint density at radius 1 is 0.949 bits per heavy atom. The summed E-state index contributed by atoms with van der Waals surface area (Å²) in [6.45, 7) is 5.59. The van der Waals surface area contributed by atoms with Crippen molar-refractivity contribution in [3.63, 3.8) is 0 Å². The van der Waals surface area contributed by atoms with Crippen molar-refractivity contribution in [1.82, 2.24) is 14.8 Å². The van der Waals surface area contributed by atoms with Gasteiger partial charge >= 0.3 is 18.3 Å². The number of para-hydroxylation sites is 1. The Kier molecular flexibility index (Phi) is 13.0. The van der Waals surface area contributed by atoms with E-state index in [2.05, 4.69) is 4.98 Å². The molecule has 0 radical (unpaired) electrons. The molecular formula is C42H49F6N3O7S. The summed E-state index contributed by atoms with van der Waals surface area (Å²) in [7, 11) is 0. The van der Waals surface area contributed by atoms with Crippen molar-refractivity contribution < 1.29 is 60.0 Å². The Hall–Kier alpha value is -4.38. The SMILES string of the molecule is CCOC(=O)C1(CCCOc2ccccc2C2(O)CCN(C(=O)[C@]3(Oc4csc(C(F)(F)F)c4)CCCN(C(=O)c4ncccc4C(F)(F)F)[C@@H]3C(C)C)CC2)CCC1. The molecular weight excluding hydrogens is 805 g/mol. The highest BCUT2D eigenvalue weighted by atomic mass is 32.1. The summed E-state index contributed by atoms with van der Waals surface area (Å²) in [4.78, 5) is 47.1. The number of benzene rings is 1. The number of amides is 2. The highest BCUT2D eigenvalue weighted by molar-refractivity contribution is 7.10. The third-order valence-electron chi connectivity index (χ3n) is 11.8.